The summed E-state index contributed by atoms with van der Waals surface area (Å²) in [6.45, 7) is 6.46. The van der Waals surface area contributed by atoms with Crippen molar-refractivity contribution < 1.29 is 9.53 Å². The number of ether oxygens (including phenoxy) is 1. The van der Waals surface area contributed by atoms with E-state index in [-0.39, 0.29) is 11.9 Å². The molecule has 30 heavy (non-hydrogen) atoms. The number of hydrogen-bond donors (Lipinski definition) is 1. The predicted octanol–water partition coefficient (Wildman–Crippen LogP) is 5.15. The lowest BCUT2D eigenvalue weighted by Gasteiger charge is -2.39. The van der Waals surface area contributed by atoms with Crippen LogP contribution in [0.15, 0.2) is 46.3 Å². The van der Waals surface area contributed by atoms with Crippen LogP contribution in [0.4, 0.5) is 0 Å². The summed E-state index contributed by atoms with van der Waals surface area (Å²) < 4.78 is 6.65. The normalized spacial score (nSPS) is 21.3. The molecule has 2 fully saturated rings. The van der Waals surface area contributed by atoms with Crippen molar-refractivity contribution in [3.63, 3.8) is 0 Å². The highest BCUT2D eigenvalue weighted by Crippen LogP contribution is 2.36. The number of benzene rings is 1. The van der Waals surface area contributed by atoms with Crippen LogP contribution in [0.5, 0.6) is 0 Å². The van der Waals surface area contributed by atoms with Gasteiger partial charge in [-0.25, -0.2) is 0 Å². The first-order valence-electron chi connectivity index (χ1n) is 11.0. The van der Waals surface area contributed by atoms with Gasteiger partial charge in [-0.2, -0.15) is 0 Å². The molecule has 1 amide bonds. The Morgan fingerprint density at radius 1 is 1.23 bits per heavy atom. The number of carbonyl (C=O) groups is 1. The molecule has 4 nitrogen and oxygen atoms in total. The van der Waals surface area contributed by atoms with Gasteiger partial charge >= 0.3 is 0 Å². The van der Waals surface area contributed by atoms with Crippen LogP contribution in [-0.4, -0.2) is 43.7 Å². The van der Waals surface area contributed by atoms with Crippen molar-refractivity contribution in [3.05, 3.63) is 56.7 Å². The summed E-state index contributed by atoms with van der Waals surface area (Å²) >= 11 is 5.31. The molecule has 0 aliphatic carbocycles. The number of halogens is 1. The molecule has 162 valence electrons. The summed E-state index contributed by atoms with van der Waals surface area (Å²) in [5.74, 6) is 0.933. The van der Waals surface area contributed by atoms with Crippen molar-refractivity contribution in [3.8, 4) is 0 Å². The third-order valence-electron chi connectivity index (χ3n) is 6.76. The van der Waals surface area contributed by atoms with E-state index < -0.39 is 5.41 Å². The second-order valence-electron chi connectivity index (χ2n) is 8.66. The highest BCUT2D eigenvalue weighted by molar-refractivity contribution is 9.10. The lowest BCUT2D eigenvalue weighted by atomic mass is 9.73. The number of likely N-dealkylation sites (tertiary alicyclic amines) is 1. The van der Waals surface area contributed by atoms with Crippen molar-refractivity contribution in [2.24, 2.45) is 5.92 Å². The van der Waals surface area contributed by atoms with Crippen molar-refractivity contribution in [1.82, 2.24) is 10.2 Å². The van der Waals surface area contributed by atoms with E-state index in [4.69, 9.17) is 4.74 Å². The van der Waals surface area contributed by atoms with Crippen molar-refractivity contribution in [1.29, 1.82) is 0 Å². The van der Waals surface area contributed by atoms with Crippen LogP contribution in [0.2, 0.25) is 0 Å². The lowest BCUT2D eigenvalue weighted by molar-refractivity contribution is -0.130. The largest absolute Gasteiger partial charge is 0.381 e. The molecule has 1 unspecified atom stereocenters. The number of nitrogens with one attached hydrogen (secondary N) is 1. The first-order valence-corrected chi connectivity index (χ1v) is 12.7. The highest BCUT2D eigenvalue weighted by Gasteiger charge is 2.42. The van der Waals surface area contributed by atoms with Gasteiger partial charge in [-0.3, -0.25) is 9.69 Å². The molecule has 1 N–H and O–H groups in total. The SMILES string of the molecule is CC1CCN(C(CNC(=O)C2(c3ccc(Br)cc3)CCOCC2)c2cccs2)CC1. The van der Waals surface area contributed by atoms with E-state index in [0.29, 0.717) is 19.8 Å². The van der Waals surface area contributed by atoms with Gasteiger partial charge < -0.3 is 10.1 Å². The van der Waals surface area contributed by atoms with Crippen LogP contribution in [0.1, 0.15) is 49.1 Å². The average molecular weight is 491 g/mol. The number of piperidine rings is 1. The quantitative estimate of drug-likeness (QED) is 0.608. The van der Waals surface area contributed by atoms with Gasteiger partial charge in [-0.05, 0) is 73.8 Å². The number of rotatable bonds is 6. The number of hydrogen-bond acceptors (Lipinski definition) is 4. The Hall–Kier alpha value is -1.21. The number of thiophene rings is 1. The van der Waals surface area contributed by atoms with E-state index >= 15 is 0 Å². The molecule has 1 atom stereocenters. The van der Waals surface area contributed by atoms with Gasteiger partial charge in [-0.1, -0.05) is 41.1 Å². The fourth-order valence-electron chi connectivity index (χ4n) is 4.72. The van der Waals surface area contributed by atoms with E-state index in [9.17, 15) is 4.79 Å². The monoisotopic (exact) mass is 490 g/mol. The maximum atomic E-state index is 13.6. The minimum Gasteiger partial charge on any atom is -0.381 e. The Morgan fingerprint density at radius 2 is 1.93 bits per heavy atom. The molecule has 0 radical (unpaired) electrons. The Kier molecular flexibility index (Phi) is 7.29. The van der Waals surface area contributed by atoms with E-state index in [1.807, 2.05) is 12.1 Å². The third-order valence-corrected chi connectivity index (χ3v) is 8.27. The van der Waals surface area contributed by atoms with Crippen LogP contribution >= 0.6 is 27.3 Å². The molecule has 0 spiro atoms. The van der Waals surface area contributed by atoms with Crippen LogP contribution in [0.25, 0.3) is 0 Å². The van der Waals surface area contributed by atoms with Crippen LogP contribution in [0.3, 0.4) is 0 Å². The maximum absolute atomic E-state index is 13.6. The van der Waals surface area contributed by atoms with Crippen molar-refractivity contribution in [2.45, 2.75) is 44.1 Å². The van der Waals surface area contributed by atoms with Gasteiger partial charge in [-0.15, -0.1) is 11.3 Å². The summed E-state index contributed by atoms with van der Waals surface area (Å²) in [5.41, 5.74) is 0.584. The molecular formula is C24H31BrN2O2S. The van der Waals surface area contributed by atoms with Gasteiger partial charge in [0.1, 0.15) is 0 Å². The summed E-state index contributed by atoms with van der Waals surface area (Å²) in [6.07, 6.45) is 3.92. The zero-order valence-corrected chi connectivity index (χ0v) is 20.0. The van der Waals surface area contributed by atoms with Gasteiger partial charge in [0.15, 0.2) is 0 Å². The molecule has 0 saturated carbocycles. The van der Waals surface area contributed by atoms with Crippen LogP contribution < -0.4 is 5.32 Å². The standard InChI is InChI=1S/C24H31BrN2O2S/c1-18-8-12-27(13-9-18)21(22-3-2-16-30-22)17-26-23(28)24(10-14-29-15-11-24)19-4-6-20(25)7-5-19/h2-7,16,18,21H,8-15,17H2,1H3,(H,26,28). The summed E-state index contributed by atoms with van der Waals surface area (Å²) in [5, 5.41) is 5.50. The molecule has 2 aromatic rings. The lowest BCUT2D eigenvalue weighted by Crippen LogP contribution is -2.50. The second-order valence-corrected chi connectivity index (χ2v) is 10.6. The molecular weight excluding hydrogens is 460 g/mol. The first kappa shape index (κ1) is 22.0. The van der Waals surface area contributed by atoms with Crippen molar-refractivity contribution in [2.75, 3.05) is 32.8 Å². The Bertz CT molecular complexity index is 810. The topological polar surface area (TPSA) is 41.6 Å². The maximum Gasteiger partial charge on any atom is 0.230 e. The molecule has 1 aromatic heterocycles. The molecule has 2 aliphatic rings. The molecule has 2 aliphatic heterocycles. The van der Waals surface area contributed by atoms with Gasteiger partial charge in [0, 0.05) is 29.1 Å². The van der Waals surface area contributed by atoms with Gasteiger partial charge in [0.2, 0.25) is 5.91 Å². The molecule has 0 bridgehead atoms. The van der Waals surface area contributed by atoms with E-state index in [0.717, 1.165) is 41.9 Å². The Balaban J connectivity index is 1.51. The van der Waals surface area contributed by atoms with E-state index in [2.05, 4.69) is 62.7 Å². The highest BCUT2D eigenvalue weighted by atomic mass is 79.9. The number of carbonyl (C=O) groups excluding carboxylic acids is 1. The molecule has 1 aromatic carbocycles. The number of nitrogens with zero attached hydrogens (tertiary/aromatic N) is 1. The van der Waals surface area contributed by atoms with Crippen molar-refractivity contribution >= 4 is 33.2 Å². The molecule has 3 heterocycles. The summed E-state index contributed by atoms with van der Waals surface area (Å²) in [6, 6.07) is 12.8. The summed E-state index contributed by atoms with van der Waals surface area (Å²) in [7, 11) is 0. The minimum atomic E-state index is -0.505. The predicted molar refractivity (Wildman–Crippen MR) is 126 cm³/mol. The Labute approximate surface area is 192 Å². The summed E-state index contributed by atoms with van der Waals surface area (Å²) in [4.78, 5) is 17.5. The fourth-order valence-corrected chi connectivity index (χ4v) is 5.85. The van der Waals surface area contributed by atoms with Crippen LogP contribution in [-0.2, 0) is 14.9 Å². The Morgan fingerprint density at radius 3 is 2.57 bits per heavy atom. The third kappa shape index (κ3) is 4.82. The zero-order valence-electron chi connectivity index (χ0n) is 17.6. The smallest absolute Gasteiger partial charge is 0.230 e. The van der Waals surface area contributed by atoms with Crippen LogP contribution in [0, 0.1) is 5.92 Å². The van der Waals surface area contributed by atoms with E-state index in [1.165, 1.54) is 17.7 Å². The average Bonchev–Trinajstić information content (AvgIpc) is 3.30. The van der Waals surface area contributed by atoms with Gasteiger partial charge in [0.25, 0.3) is 0 Å². The zero-order chi connectivity index (χ0) is 21.0. The minimum absolute atomic E-state index is 0.139. The molecule has 4 rings (SSSR count). The number of amides is 1. The van der Waals surface area contributed by atoms with E-state index in [1.54, 1.807) is 11.3 Å². The molecule has 6 heteroatoms. The fraction of sp³-hybridized carbons (Fsp3) is 0.542. The second kappa shape index (κ2) is 9.94. The first-order chi connectivity index (χ1) is 14.6. The van der Waals surface area contributed by atoms with Gasteiger partial charge in [0.05, 0.1) is 11.5 Å². The molecule has 2 saturated heterocycles.